The monoisotopic (exact) mass is 298 g/mol. The molecule has 116 valence electrons. The quantitative estimate of drug-likeness (QED) is 0.618. The van der Waals surface area contributed by atoms with Crippen LogP contribution in [0.1, 0.15) is 31.7 Å². The lowest BCUT2D eigenvalue weighted by Gasteiger charge is -2.15. The van der Waals surface area contributed by atoms with E-state index < -0.39 is 0 Å². The van der Waals surface area contributed by atoms with Gasteiger partial charge in [0, 0.05) is 12.3 Å². The Morgan fingerprint density at radius 3 is 2.86 bits per heavy atom. The highest BCUT2D eigenvalue weighted by Gasteiger charge is 2.47. The van der Waals surface area contributed by atoms with Gasteiger partial charge < -0.3 is 4.74 Å². The van der Waals surface area contributed by atoms with E-state index in [2.05, 4.69) is 6.92 Å². The molecule has 0 bridgehead atoms. The zero-order valence-corrected chi connectivity index (χ0v) is 12.9. The molecule has 2 aliphatic rings. The second-order valence-corrected chi connectivity index (χ2v) is 6.50. The smallest absolute Gasteiger partial charge is 0.306 e. The fourth-order valence-electron chi connectivity index (χ4n) is 3.73. The molecule has 1 aromatic rings. The number of allylic oxidation sites excluding steroid dienone is 2. The fourth-order valence-corrected chi connectivity index (χ4v) is 3.73. The molecule has 0 spiro atoms. The number of ether oxygens (including phenoxy) is 1. The lowest BCUT2D eigenvalue weighted by Crippen LogP contribution is -2.13. The summed E-state index contributed by atoms with van der Waals surface area (Å²) < 4.78 is 5.34. The molecule has 2 fully saturated rings. The van der Waals surface area contributed by atoms with Crippen LogP contribution in [0.25, 0.3) is 0 Å². The summed E-state index contributed by atoms with van der Waals surface area (Å²) in [5.41, 5.74) is 1.19. The van der Waals surface area contributed by atoms with E-state index >= 15 is 0 Å². The summed E-state index contributed by atoms with van der Waals surface area (Å²) in [5.74, 6) is 1.10. The highest BCUT2D eigenvalue weighted by atomic mass is 16.6. The maximum Gasteiger partial charge on any atom is 0.306 e. The Morgan fingerprint density at radius 1 is 1.32 bits per heavy atom. The van der Waals surface area contributed by atoms with Crippen LogP contribution in [-0.2, 0) is 20.7 Å². The second-order valence-electron chi connectivity index (χ2n) is 6.50. The van der Waals surface area contributed by atoms with Crippen LogP contribution in [0.2, 0.25) is 0 Å². The first-order chi connectivity index (χ1) is 10.6. The Balaban J connectivity index is 1.54. The van der Waals surface area contributed by atoms with Gasteiger partial charge in [0.15, 0.2) is 5.78 Å². The summed E-state index contributed by atoms with van der Waals surface area (Å²) in [7, 11) is 0. The first kappa shape index (κ1) is 15.0. The van der Waals surface area contributed by atoms with Crippen molar-refractivity contribution in [2.24, 2.45) is 17.8 Å². The predicted molar refractivity (Wildman–Crippen MR) is 84.2 cm³/mol. The van der Waals surface area contributed by atoms with Gasteiger partial charge >= 0.3 is 5.97 Å². The summed E-state index contributed by atoms with van der Waals surface area (Å²) in [4.78, 5) is 23.4. The van der Waals surface area contributed by atoms with Crippen molar-refractivity contribution in [3.8, 4) is 0 Å². The van der Waals surface area contributed by atoms with Crippen LogP contribution in [0.15, 0.2) is 42.5 Å². The van der Waals surface area contributed by atoms with E-state index in [9.17, 15) is 9.59 Å². The molecule has 0 amide bonds. The zero-order chi connectivity index (χ0) is 15.5. The minimum Gasteiger partial charge on any atom is -0.462 e. The minimum atomic E-state index is -0.0873. The Hall–Kier alpha value is -1.90. The molecular formula is C19H22O3. The van der Waals surface area contributed by atoms with E-state index in [1.54, 1.807) is 6.08 Å². The van der Waals surface area contributed by atoms with Crippen LogP contribution in [-0.4, -0.2) is 17.9 Å². The van der Waals surface area contributed by atoms with Gasteiger partial charge in [-0.3, -0.25) is 9.59 Å². The first-order valence-electron chi connectivity index (χ1n) is 8.08. The van der Waals surface area contributed by atoms with Gasteiger partial charge in [-0.1, -0.05) is 43.3 Å². The van der Waals surface area contributed by atoms with Crippen molar-refractivity contribution in [1.29, 1.82) is 0 Å². The first-order valence-corrected chi connectivity index (χ1v) is 8.08. The molecule has 3 rings (SSSR count). The average Bonchev–Trinajstić information content (AvgIpc) is 2.99. The second kappa shape index (κ2) is 6.47. The molecular weight excluding hydrogens is 276 g/mol. The Kier molecular flexibility index (Phi) is 4.41. The molecule has 4 atom stereocenters. The Bertz CT molecular complexity index is 576. The number of benzene rings is 1. The molecule has 0 unspecified atom stereocenters. The standard InChI is InChI=1S/C19H22O3/c1-13-11-18-17(12-19(21)22-18)16(13)10-9-15(20)8-7-14-5-3-2-4-6-14/h2-6,9-10,13,16-18H,7-8,11-12H2,1H3/b10-9+/t13-,16+,17-,18+/m1/s1. The number of rotatable bonds is 5. The van der Waals surface area contributed by atoms with Crippen LogP contribution >= 0.6 is 0 Å². The SMILES string of the molecule is C[C@@H]1C[C@@H]2OC(=O)C[C@@H]2[C@H]1/C=C/C(=O)CCc1ccccc1. The lowest BCUT2D eigenvalue weighted by atomic mass is 9.88. The molecule has 0 radical (unpaired) electrons. The fraction of sp³-hybridized carbons (Fsp3) is 0.474. The molecule has 0 N–H and O–H groups in total. The van der Waals surface area contributed by atoms with E-state index in [1.165, 1.54) is 5.56 Å². The van der Waals surface area contributed by atoms with E-state index in [-0.39, 0.29) is 29.7 Å². The van der Waals surface area contributed by atoms with Gasteiger partial charge in [-0.2, -0.15) is 0 Å². The molecule has 0 aromatic heterocycles. The van der Waals surface area contributed by atoms with Crippen molar-refractivity contribution >= 4 is 11.8 Å². The number of hydrogen-bond donors (Lipinski definition) is 0. The molecule has 1 aliphatic heterocycles. The zero-order valence-electron chi connectivity index (χ0n) is 12.9. The predicted octanol–water partition coefficient (Wildman–Crippen LogP) is 3.33. The lowest BCUT2D eigenvalue weighted by molar-refractivity contribution is -0.141. The van der Waals surface area contributed by atoms with Crippen LogP contribution in [0, 0.1) is 17.8 Å². The number of aryl methyl sites for hydroxylation is 1. The highest BCUT2D eigenvalue weighted by molar-refractivity contribution is 5.89. The van der Waals surface area contributed by atoms with Crippen molar-refractivity contribution in [1.82, 2.24) is 0 Å². The van der Waals surface area contributed by atoms with Gasteiger partial charge in [0.2, 0.25) is 0 Å². The molecule has 22 heavy (non-hydrogen) atoms. The molecule has 1 aromatic carbocycles. The van der Waals surface area contributed by atoms with Crippen molar-refractivity contribution in [3.63, 3.8) is 0 Å². The third kappa shape index (κ3) is 3.29. The Labute approximate surface area is 131 Å². The number of carbonyl (C=O) groups is 2. The maximum absolute atomic E-state index is 12.1. The molecule has 1 aliphatic carbocycles. The van der Waals surface area contributed by atoms with E-state index in [0.29, 0.717) is 18.8 Å². The van der Waals surface area contributed by atoms with Gasteiger partial charge in [0.05, 0.1) is 6.42 Å². The highest BCUT2D eigenvalue weighted by Crippen LogP contribution is 2.45. The third-order valence-corrected chi connectivity index (χ3v) is 4.93. The van der Waals surface area contributed by atoms with E-state index in [4.69, 9.17) is 4.74 Å². The number of fused-ring (bicyclic) bond motifs is 1. The van der Waals surface area contributed by atoms with E-state index in [0.717, 1.165) is 12.8 Å². The van der Waals surface area contributed by atoms with Crippen molar-refractivity contribution < 1.29 is 14.3 Å². The Morgan fingerprint density at radius 2 is 2.09 bits per heavy atom. The molecule has 1 saturated carbocycles. The van der Waals surface area contributed by atoms with Gasteiger partial charge in [0.25, 0.3) is 0 Å². The van der Waals surface area contributed by atoms with Crippen LogP contribution < -0.4 is 0 Å². The van der Waals surface area contributed by atoms with Crippen LogP contribution in [0.3, 0.4) is 0 Å². The largest absolute Gasteiger partial charge is 0.462 e. The number of ketones is 1. The van der Waals surface area contributed by atoms with Crippen LogP contribution in [0.5, 0.6) is 0 Å². The minimum absolute atomic E-state index is 0.0663. The number of hydrogen-bond acceptors (Lipinski definition) is 3. The van der Waals surface area contributed by atoms with Gasteiger partial charge in [-0.05, 0) is 36.3 Å². The summed E-state index contributed by atoms with van der Waals surface area (Å²) in [6.45, 7) is 2.18. The maximum atomic E-state index is 12.1. The van der Waals surface area contributed by atoms with Gasteiger partial charge in [-0.25, -0.2) is 0 Å². The van der Waals surface area contributed by atoms with Crippen molar-refractivity contribution in [3.05, 3.63) is 48.0 Å². The summed E-state index contributed by atoms with van der Waals surface area (Å²) in [6.07, 6.45) is 6.53. The summed E-state index contributed by atoms with van der Waals surface area (Å²) in [6, 6.07) is 10.1. The van der Waals surface area contributed by atoms with Crippen molar-refractivity contribution in [2.45, 2.75) is 38.7 Å². The summed E-state index contributed by atoms with van der Waals surface area (Å²) >= 11 is 0. The average molecular weight is 298 g/mol. The number of esters is 1. The molecule has 1 saturated heterocycles. The number of carbonyl (C=O) groups excluding carboxylic acids is 2. The molecule has 1 heterocycles. The molecule has 3 heteroatoms. The molecule has 3 nitrogen and oxygen atoms in total. The van der Waals surface area contributed by atoms with Crippen LogP contribution in [0.4, 0.5) is 0 Å². The van der Waals surface area contributed by atoms with Crippen molar-refractivity contribution in [2.75, 3.05) is 0 Å². The third-order valence-electron chi connectivity index (χ3n) is 4.93. The normalized spacial score (nSPS) is 30.5. The van der Waals surface area contributed by atoms with Gasteiger partial charge in [-0.15, -0.1) is 0 Å². The summed E-state index contributed by atoms with van der Waals surface area (Å²) in [5, 5.41) is 0. The topological polar surface area (TPSA) is 43.4 Å². The van der Waals surface area contributed by atoms with E-state index in [1.807, 2.05) is 36.4 Å². The van der Waals surface area contributed by atoms with Gasteiger partial charge in [0.1, 0.15) is 6.10 Å².